The molecule has 3 nitrogen and oxygen atoms in total. The van der Waals surface area contributed by atoms with Crippen molar-refractivity contribution >= 4 is 5.91 Å². The second-order valence-electron chi connectivity index (χ2n) is 5.03. The third kappa shape index (κ3) is 3.84. The fourth-order valence-corrected chi connectivity index (χ4v) is 2.45. The molecule has 1 aliphatic rings. The summed E-state index contributed by atoms with van der Waals surface area (Å²) in [6.07, 6.45) is 4.02. The van der Waals surface area contributed by atoms with Gasteiger partial charge in [0.05, 0.1) is 6.04 Å². The van der Waals surface area contributed by atoms with Crippen LogP contribution in [0.5, 0.6) is 0 Å². The van der Waals surface area contributed by atoms with Crippen LogP contribution in [0.3, 0.4) is 0 Å². The molecule has 18 heavy (non-hydrogen) atoms. The lowest BCUT2D eigenvalue weighted by molar-refractivity contribution is -0.121. The highest BCUT2D eigenvalue weighted by Gasteiger charge is 2.16. The number of carbonyl (C=O) groups is 1. The van der Waals surface area contributed by atoms with Gasteiger partial charge in [0.2, 0.25) is 5.91 Å². The maximum Gasteiger partial charge on any atom is 0.220 e. The first-order valence-electron chi connectivity index (χ1n) is 6.83. The van der Waals surface area contributed by atoms with E-state index in [0.717, 1.165) is 18.5 Å². The predicted octanol–water partition coefficient (Wildman–Crippen LogP) is 2.40. The minimum Gasteiger partial charge on any atom is -0.350 e. The van der Waals surface area contributed by atoms with Crippen LogP contribution in [0.4, 0.5) is 0 Å². The number of hydrogen-bond acceptors (Lipinski definition) is 2. The fourth-order valence-electron chi connectivity index (χ4n) is 2.45. The minimum absolute atomic E-state index is 0.0928. The molecule has 1 fully saturated rings. The molecule has 2 atom stereocenters. The molecule has 0 aromatic heterocycles. The van der Waals surface area contributed by atoms with Gasteiger partial charge in [-0.05, 0) is 38.3 Å². The van der Waals surface area contributed by atoms with E-state index in [9.17, 15) is 4.79 Å². The molecular weight excluding hydrogens is 224 g/mol. The van der Waals surface area contributed by atoms with E-state index in [1.54, 1.807) is 0 Å². The van der Waals surface area contributed by atoms with E-state index in [0.29, 0.717) is 12.5 Å². The summed E-state index contributed by atoms with van der Waals surface area (Å²) in [6, 6.07) is 10.7. The van der Waals surface area contributed by atoms with Gasteiger partial charge in [-0.25, -0.2) is 0 Å². The second-order valence-corrected chi connectivity index (χ2v) is 5.03. The molecular formula is C15H22N2O. The number of amides is 1. The summed E-state index contributed by atoms with van der Waals surface area (Å²) in [5.41, 5.74) is 1.16. The summed E-state index contributed by atoms with van der Waals surface area (Å²) in [4.78, 5) is 11.8. The molecule has 1 aliphatic heterocycles. The Bertz CT molecular complexity index is 371. The summed E-state index contributed by atoms with van der Waals surface area (Å²) in [5, 5.41) is 6.47. The first-order valence-corrected chi connectivity index (χ1v) is 6.83. The molecule has 2 N–H and O–H groups in total. The van der Waals surface area contributed by atoms with Crippen molar-refractivity contribution in [3.05, 3.63) is 35.9 Å². The number of nitrogens with one attached hydrogen (secondary N) is 2. The molecule has 0 saturated carbocycles. The normalized spacial score (nSPS) is 20.6. The molecule has 1 saturated heterocycles. The van der Waals surface area contributed by atoms with Gasteiger partial charge in [0.1, 0.15) is 0 Å². The maximum absolute atomic E-state index is 11.8. The average molecular weight is 246 g/mol. The Morgan fingerprint density at radius 2 is 2.22 bits per heavy atom. The summed E-state index contributed by atoms with van der Waals surface area (Å²) in [5.74, 6) is 0.153. The van der Waals surface area contributed by atoms with Crippen LogP contribution >= 0.6 is 0 Å². The third-order valence-corrected chi connectivity index (χ3v) is 3.56. The average Bonchev–Trinajstić information content (AvgIpc) is 2.90. The van der Waals surface area contributed by atoms with Crippen molar-refractivity contribution < 1.29 is 4.79 Å². The van der Waals surface area contributed by atoms with Crippen LogP contribution in [0.2, 0.25) is 0 Å². The summed E-state index contributed by atoms with van der Waals surface area (Å²) >= 11 is 0. The Kier molecular flexibility index (Phi) is 4.76. The van der Waals surface area contributed by atoms with Crippen molar-refractivity contribution in [2.45, 2.75) is 44.7 Å². The second kappa shape index (κ2) is 6.55. The van der Waals surface area contributed by atoms with E-state index in [1.807, 2.05) is 37.3 Å². The Hall–Kier alpha value is -1.35. The SMILES string of the molecule is C[C@@H](NC(=O)CCC1CCCN1)c1ccccc1. The zero-order valence-corrected chi connectivity index (χ0v) is 11.0. The molecule has 0 radical (unpaired) electrons. The largest absolute Gasteiger partial charge is 0.350 e. The molecule has 1 amide bonds. The highest BCUT2D eigenvalue weighted by molar-refractivity contribution is 5.76. The zero-order valence-electron chi connectivity index (χ0n) is 11.0. The minimum atomic E-state index is 0.0928. The van der Waals surface area contributed by atoms with Crippen LogP contribution in [0.1, 0.15) is 44.2 Å². The molecule has 1 aromatic carbocycles. The standard InChI is InChI=1S/C15H22N2O/c1-12(13-6-3-2-4-7-13)17-15(18)10-9-14-8-5-11-16-14/h2-4,6-7,12,14,16H,5,8-11H2,1H3,(H,17,18)/t12-,14?/m1/s1. The van der Waals surface area contributed by atoms with Gasteiger partial charge in [0, 0.05) is 12.5 Å². The van der Waals surface area contributed by atoms with E-state index in [1.165, 1.54) is 12.8 Å². The fraction of sp³-hybridized carbons (Fsp3) is 0.533. The molecule has 1 aromatic rings. The zero-order chi connectivity index (χ0) is 12.8. The van der Waals surface area contributed by atoms with Crippen LogP contribution in [0.25, 0.3) is 0 Å². The van der Waals surface area contributed by atoms with Gasteiger partial charge in [-0.2, -0.15) is 0 Å². The first-order chi connectivity index (χ1) is 8.75. The van der Waals surface area contributed by atoms with Crippen molar-refractivity contribution in [1.29, 1.82) is 0 Å². The predicted molar refractivity (Wildman–Crippen MR) is 73.3 cm³/mol. The van der Waals surface area contributed by atoms with Gasteiger partial charge < -0.3 is 10.6 Å². The van der Waals surface area contributed by atoms with Crippen LogP contribution in [-0.4, -0.2) is 18.5 Å². The first kappa shape index (κ1) is 13.1. The molecule has 0 aliphatic carbocycles. The molecule has 98 valence electrons. The van der Waals surface area contributed by atoms with E-state index in [2.05, 4.69) is 10.6 Å². The lowest BCUT2D eigenvalue weighted by Gasteiger charge is -2.15. The number of carbonyl (C=O) groups excluding carboxylic acids is 1. The van der Waals surface area contributed by atoms with E-state index in [-0.39, 0.29) is 11.9 Å². The lowest BCUT2D eigenvalue weighted by Crippen LogP contribution is -2.29. The smallest absolute Gasteiger partial charge is 0.220 e. The summed E-state index contributed by atoms with van der Waals surface area (Å²) in [6.45, 7) is 3.13. The van der Waals surface area contributed by atoms with Crippen molar-refractivity contribution in [2.24, 2.45) is 0 Å². The van der Waals surface area contributed by atoms with E-state index >= 15 is 0 Å². The van der Waals surface area contributed by atoms with Gasteiger partial charge in [-0.1, -0.05) is 30.3 Å². The van der Waals surface area contributed by atoms with Gasteiger partial charge in [-0.15, -0.1) is 0 Å². The molecule has 2 rings (SSSR count). The topological polar surface area (TPSA) is 41.1 Å². The number of rotatable bonds is 5. The van der Waals surface area contributed by atoms with Crippen LogP contribution < -0.4 is 10.6 Å². The molecule has 1 unspecified atom stereocenters. The van der Waals surface area contributed by atoms with Crippen molar-refractivity contribution in [1.82, 2.24) is 10.6 Å². The summed E-state index contributed by atoms with van der Waals surface area (Å²) in [7, 11) is 0. The third-order valence-electron chi connectivity index (χ3n) is 3.56. The van der Waals surface area contributed by atoms with Crippen molar-refractivity contribution in [3.63, 3.8) is 0 Å². The number of hydrogen-bond donors (Lipinski definition) is 2. The Labute approximate surface area is 109 Å². The highest BCUT2D eigenvalue weighted by Crippen LogP contribution is 2.13. The monoisotopic (exact) mass is 246 g/mol. The Morgan fingerprint density at radius 1 is 1.44 bits per heavy atom. The molecule has 3 heteroatoms. The molecule has 0 bridgehead atoms. The van der Waals surface area contributed by atoms with Crippen LogP contribution in [0, 0.1) is 0 Å². The van der Waals surface area contributed by atoms with Gasteiger partial charge >= 0.3 is 0 Å². The molecule has 0 spiro atoms. The lowest BCUT2D eigenvalue weighted by atomic mass is 10.1. The summed E-state index contributed by atoms with van der Waals surface area (Å²) < 4.78 is 0. The van der Waals surface area contributed by atoms with E-state index < -0.39 is 0 Å². The highest BCUT2D eigenvalue weighted by atomic mass is 16.1. The van der Waals surface area contributed by atoms with Crippen molar-refractivity contribution in [2.75, 3.05) is 6.54 Å². The Balaban J connectivity index is 1.73. The van der Waals surface area contributed by atoms with Crippen LogP contribution in [-0.2, 0) is 4.79 Å². The molecule has 1 heterocycles. The van der Waals surface area contributed by atoms with Crippen molar-refractivity contribution in [3.8, 4) is 0 Å². The van der Waals surface area contributed by atoms with Gasteiger partial charge in [0.25, 0.3) is 0 Å². The number of benzene rings is 1. The maximum atomic E-state index is 11.8. The Morgan fingerprint density at radius 3 is 2.89 bits per heavy atom. The van der Waals surface area contributed by atoms with E-state index in [4.69, 9.17) is 0 Å². The quantitative estimate of drug-likeness (QED) is 0.837. The van der Waals surface area contributed by atoms with Gasteiger partial charge in [0.15, 0.2) is 0 Å². The van der Waals surface area contributed by atoms with Crippen LogP contribution in [0.15, 0.2) is 30.3 Å². The van der Waals surface area contributed by atoms with Gasteiger partial charge in [-0.3, -0.25) is 4.79 Å².